The second-order valence-electron chi connectivity index (χ2n) is 4.29. The third-order valence-electron chi connectivity index (χ3n) is 3.28. The average Bonchev–Trinajstić information content (AvgIpc) is 2.39. The van der Waals surface area contributed by atoms with Crippen molar-refractivity contribution in [2.24, 2.45) is 5.92 Å². The van der Waals surface area contributed by atoms with Gasteiger partial charge in [0.05, 0.1) is 0 Å². The maximum atomic E-state index is 4.34. The first-order valence-corrected chi connectivity index (χ1v) is 5.86. The highest BCUT2D eigenvalue weighted by Crippen LogP contribution is 2.33. The van der Waals surface area contributed by atoms with Crippen molar-refractivity contribution in [1.29, 1.82) is 0 Å². The Balaban J connectivity index is 1.95. The normalized spacial score (nSPS) is 23.9. The molecule has 1 unspecified atom stereocenters. The molecule has 1 aromatic heterocycles. The van der Waals surface area contributed by atoms with Crippen molar-refractivity contribution in [3.8, 4) is 0 Å². The fourth-order valence-electron chi connectivity index (χ4n) is 2.51. The van der Waals surface area contributed by atoms with E-state index in [1.165, 1.54) is 18.5 Å². The van der Waals surface area contributed by atoms with Crippen LogP contribution in [0.25, 0.3) is 0 Å². The number of nitrogens with zero attached hydrogens (tertiary/aromatic N) is 3. The third-order valence-corrected chi connectivity index (χ3v) is 3.28. The summed E-state index contributed by atoms with van der Waals surface area (Å²) in [5, 5.41) is 0. The molecule has 0 spiro atoms. The van der Waals surface area contributed by atoms with Crippen molar-refractivity contribution in [2.45, 2.75) is 19.3 Å². The van der Waals surface area contributed by atoms with Crippen LogP contribution in [0.4, 0.5) is 5.95 Å². The summed E-state index contributed by atoms with van der Waals surface area (Å²) in [6, 6.07) is 1.86. The number of anilines is 1. The lowest BCUT2D eigenvalue weighted by molar-refractivity contribution is 0.471. The van der Waals surface area contributed by atoms with Gasteiger partial charge in [0.15, 0.2) is 0 Å². The van der Waals surface area contributed by atoms with E-state index in [-0.39, 0.29) is 0 Å². The van der Waals surface area contributed by atoms with Gasteiger partial charge in [-0.25, -0.2) is 9.97 Å². The van der Waals surface area contributed by atoms with E-state index in [1.54, 1.807) is 0 Å². The fraction of sp³-hybridized carbons (Fsp3) is 0.385. The van der Waals surface area contributed by atoms with Gasteiger partial charge < -0.3 is 4.90 Å². The highest BCUT2D eigenvalue weighted by molar-refractivity contribution is 5.44. The summed E-state index contributed by atoms with van der Waals surface area (Å²) in [5.74, 6) is 1.51. The smallest absolute Gasteiger partial charge is 0.229 e. The lowest BCUT2D eigenvalue weighted by Gasteiger charge is -2.36. The average molecular weight is 213 g/mol. The minimum Gasteiger partial charge on any atom is -0.314 e. The van der Waals surface area contributed by atoms with Crippen molar-refractivity contribution >= 4 is 5.95 Å². The molecule has 0 saturated carbocycles. The summed E-state index contributed by atoms with van der Waals surface area (Å²) in [7, 11) is 0. The summed E-state index contributed by atoms with van der Waals surface area (Å²) < 4.78 is 0. The molecule has 0 bridgehead atoms. The zero-order chi connectivity index (χ0) is 10.8. The fourth-order valence-corrected chi connectivity index (χ4v) is 2.51. The van der Waals surface area contributed by atoms with Crippen LogP contribution in [0.2, 0.25) is 0 Å². The number of piperidine rings is 1. The molecule has 16 heavy (non-hydrogen) atoms. The number of fused-ring (bicyclic) bond motifs is 1. The van der Waals surface area contributed by atoms with Crippen molar-refractivity contribution in [2.75, 3.05) is 11.4 Å². The van der Waals surface area contributed by atoms with Crippen LogP contribution < -0.4 is 4.90 Å². The van der Waals surface area contributed by atoms with Gasteiger partial charge in [-0.2, -0.15) is 0 Å². The van der Waals surface area contributed by atoms with Crippen LogP contribution in [0.3, 0.4) is 0 Å². The molecule has 1 saturated heterocycles. The van der Waals surface area contributed by atoms with E-state index >= 15 is 0 Å². The van der Waals surface area contributed by atoms with Gasteiger partial charge in [0.25, 0.3) is 0 Å². The van der Waals surface area contributed by atoms with Crippen LogP contribution >= 0.6 is 0 Å². The predicted molar refractivity (Wildman–Crippen MR) is 63.9 cm³/mol. The highest BCUT2D eigenvalue weighted by atomic mass is 15.3. The molecule has 3 nitrogen and oxygen atoms in total. The van der Waals surface area contributed by atoms with Gasteiger partial charge in [-0.1, -0.05) is 12.2 Å². The van der Waals surface area contributed by atoms with E-state index in [4.69, 9.17) is 0 Å². The van der Waals surface area contributed by atoms with Crippen molar-refractivity contribution in [3.05, 3.63) is 42.4 Å². The van der Waals surface area contributed by atoms with Crippen molar-refractivity contribution in [1.82, 2.24) is 9.97 Å². The van der Waals surface area contributed by atoms with E-state index in [0.717, 1.165) is 18.9 Å². The maximum Gasteiger partial charge on any atom is 0.229 e. The molecule has 0 N–H and O–H groups in total. The van der Waals surface area contributed by atoms with Gasteiger partial charge in [0, 0.05) is 30.6 Å². The number of hydrogen-bond donors (Lipinski definition) is 0. The van der Waals surface area contributed by atoms with Gasteiger partial charge >= 0.3 is 0 Å². The maximum absolute atomic E-state index is 4.34. The zero-order valence-electron chi connectivity index (χ0n) is 9.21. The van der Waals surface area contributed by atoms with Gasteiger partial charge in [0.2, 0.25) is 5.95 Å². The summed E-state index contributed by atoms with van der Waals surface area (Å²) in [6.45, 7) is 1.04. The molecule has 1 fully saturated rings. The van der Waals surface area contributed by atoms with Crippen molar-refractivity contribution in [3.63, 3.8) is 0 Å². The van der Waals surface area contributed by atoms with Gasteiger partial charge in [-0.15, -0.1) is 0 Å². The molecule has 3 rings (SSSR count). The first kappa shape index (κ1) is 9.58. The van der Waals surface area contributed by atoms with Crippen LogP contribution in [0.15, 0.2) is 42.4 Å². The monoisotopic (exact) mass is 213 g/mol. The second kappa shape index (κ2) is 4.08. The minimum absolute atomic E-state index is 0.669. The van der Waals surface area contributed by atoms with Crippen LogP contribution in [-0.4, -0.2) is 16.5 Å². The summed E-state index contributed by atoms with van der Waals surface area (Å²) in [5.41, 5.74) is 1.39. The number of rotatable bonds is 1. The molecular formula is C13H15N3. The topological polar surface area (TPSA) is 29.0 Å². The Labute approximate surface area is 95.5 Å². The van der Waals surface area contributed by atoms with Gasteiger partial charge in [0.1, 0.15) is 0 Å². The quantitative estimate of drug-likeness (QED) is 0.717. The Morgan fingerprint density at radius 3 is 3.00 bits per heavy atom. The Morgan fingerprint density at radius 1 is 1.25 bits per heavy atom. The Hall–Kier alpha value is -1.64. The molecule has 0 radical (unpaired) electrons. The Morgan fingerprint density at radius 2 is 2.12 bits per heavy atom. The molecule has 3 heteroatoms. The van der Waals surface area contributed by atoms with Crippen LogP contribution in [0, 0.1) is 5.92 Å². The van der Waals surface area contributed by atoms with Crippen LogP contribution in [0.1, 0.15) is 19.3 Å². The molecule has 2 heterocycles. The molecule has 0 amide bonds. The Kier molecular flexibility index (Phi) is 2.44. The lowest BCUT2D eigenvalue weighted by Crippen LogP contribution is -2.34. The molecule has 2 aliphatic rings. The summed E-state index contributed by atoms with van der Waals surface area (Å²) in [6.07, 6.45) is 13.9. The van der Waals surface area contributed by atoms with E-state index in [0.29, 0.717) is 5.92 Å². The lowest BCUT2D eigenvalue weighted by atomic mass is 9.88. The van der Waals surface area contributed by atoms with E-state index in [1.807, 2.05) is 18.5 Å². The zero-order valence-corrected chi connectivity index (χ0v) is 9.21. The number of hydrogen-bond acceptors (Lipinski definition) is 3. The van der Waals surface area contributed by atoms with Gasteiger partial charge in [-0.05, 0) is 31.4 Å². The Bertz CT molecular complexity index is 422. The van der Waals surface area contributed by atoms with Crippen LogP contribution in [-0.2, 0) is 0 Å². The predicted octanol–water partition coefficient (Wildman–Crippen LogP) is 2.54. The second-order valence-corrected chi connectivity index (χ2v) is 4.29. The first-order valence-electron chi connectivity index (χ1n) is 5.86. The molecule has 1 aliphatic carbocycles. The molecular weight excluding hydrogens is 198 g/mol. The summed E-state index contributed by atoms with van der Waals surface area (Å²) >= 11 is 0. The minimum atomic E-state index is 0.669. The molecule has 1 aromatic rings. The van der Waals surface area contributed by atoms with E-state index < -0.39 is 0 Å². The van der Waals surface area contributed by atoms with Gasteiger partial charge in [-0.3, -0.25) is 0 Å². The number of aromatic nitrogens is 2. The van der Waals surface area contributed by atoms with E-state index in [9.17, 15) is 0 Å². The molecule has 1 aliphatic heterocycles. The molecule has 82 valence electrons. The third kappa shape index (κ3) is 1.62. The first-order chi connectivity index (χ1) is 7.95. The van der Waals surface area contributed by atoms with E-state index in [2.05, 4.69) is 33.1 Å². The number of allylic oxidation sites excluding steroid dienone is 4. The SMILES string of the molecule is C1=CCC2CCCN(c3ncccn3)C2=C1. The molecule has 0 aromatic carbocycles. The highest BCUT2D eigenvalue weighted by Gasteiger charge is 2.27. The summed E-state index contributed by atoms with van der Waals surface area (Å²) in [4.78, 5) is 10.9. The largest absolute Gasteiger partial charge is 0.314 e. The standard InChI is InChI=1S/C13H15N3/c1-2-7-12-11(5-1)6-3-10-16(12)13-14-8-4-9-15-13/h1-2,4,7-9,11H,3,5-6,10H2. The van der Waals surface area contributed by atoms with Crippen molar-refractivity contribution < 1.29 is 0 Å². The van der Waals surface area contributed by atoms with Crippen LogP contribution in [0.5, 0.6) is 0 Å². The molecule has 1 atom stereocenters.